The Morgan fingerprint density at radius 2 is 1.92 bits per heavy atom. The van der Waals surface area contributed by atoms with E-state index in [2.05, 4.69) is 31.4 Å². The molecule has 0 spiro atoms. The summed E-state index contributed by atoms with van der Waals surface area (Å²) in [6.45, 7) is 8.64. The molecular weight excluding hydrogens is 348 g/mol. The van der Waals surface area contributed by atoms with Crippen LogP contribution < -0.4 is 15.4 Å². The molecule has 26 heavy (non-hydrogen) atoms. The van der Waals surface area contributed by atoms with Crippen molar-refractivity contribution in [3.8, 4) is 11.5 Å². The maximum absolute atomic E-state index is 12.4. The summed E-state index contributed by atoms with van der Waals surface area (Å²) >= 11 is 5.21. The predicted octanol–water partition coefficient (Wildman–Crippen LogP) is 4.22. The average molecular weight is 372 g/mol. The van der Waals surface area contributed by atoms with Crippen molar-refractivity contribution >= 4 is 28.9 Å². The van der Waals surface area contributed by atoms with Gasteiger partial charge < -0.3 is 15.2 Å². The highest BCUT2D eigenvalue weighted by molar-refractivity contribution is 7.80. The Morgan fingerprint density at radius 3 is 2.58 bits per heavy atom. The summed E-state index contributed by atoms with van der Waals surface area (Å²) in [7, 11) is 0. The highest BCUT2D eigenvalue weighted by Gasteiger charge is 2.16. The SMILES string of the molecule is CCOc1cccc(C(=O)NC(=S)Nc2cc(C(C)(C)C)ccc2O)c1. The second-order valence-electron chi connectivity index (χ2n) is 6.85. The van der Waals surface area contributed by atoms with Gasteiger partial charge in [-0.2, -0.15) is 0 Å². The number of hydrogen-bond acceptors (Lipinski definition) is 4. The lowest BCUT2D eigenvalue weighted by Gasteiger charge is -2.21. The number of carbonyl (C=O) groups is 1. The first-order chi connectivity index (χ1) is 12.2. The van der Waals surface area contributed by atoms with E-state index in [4.69, 9.17) is 17.0 Å². The first-order valence-electron chi connectivity index (χ1n) is 8.39. The molecule has 0 aliphatic heterocycles. The molecule has 0 radical (unpaired) electrons. The Kier molecular flexibility index (Phi) is 6.21. The molecule has 0 bridgehead atoms. The molecule has 2 aromatic carbocycles. The third-order valence-corrected chi connectivity index (χ3v) is 3.95. The lowest BCUT2D eigenvalue weighted by atomic mass is 9.87. The van der Waals surface area contributed by atoms with E-state index < -0.39 is 0 Å². The molecule has 5 nitrogen and oxygen atoms in total. The summed E-state index contributed by atoms with van der Waals surface area (Å²) in [4.78, 5) is 12.4. The molecule has 3 N–H and O–H groups in total. The zero-order valence-corrected chi connectivity index (χ0v) is 16.2. The predicted molar refractivity (Wildman–Crippen MR) is 108 cm³/mol. The summed E-state index contributed by atoms with van der Waals surface area (Å²) in [5.74, 6) is 0.331. The van der Waals surface area contributed by atoms with Crippen LogP contribution in [0.2, 0.25) is 0 Å². The molecule has 0 heterocycles. The van der Waals surface area contributed by atoms with Crippen LogP contribution in [-0.4, -0.2) is 22.7 Å². The third-order valence-electron chi connectivity index (χ3n) is 3.75. The molecule has 2 rings (SSSR count). The van der Waals surface area contributed by atoms with Gasteiger partial charge in [0.05, 0.1) is 12.3 Å². The Hall–Kier alpha value is -2.60. The van der Waals surface area contributed by atoms with Gasteiger partial charge >= 0.3 is 0 Å². The van der Waals surface area contributed by atoms with E-state index in [0.29, 0.717) is 23.6 Å². The van der Waals surface area contributed by atoms with E-state index in [-0.39, 0.29) is 22.2 Å². The van der Waals surface area contributed by atoms with Crippen LogP contribution in [-0.2, 0) is 5.41 Å². The lowest BCUT2D eigenvalue weighted by molar-refractivity contribution is 0.0977. The van der Waals surface area contributed by atoms with E-state index in [1.807, 2.05) is 19.1 Å². The van der Waals surface area contributed by atoms with Gasteiger partial charge in [0.15, 0.2) is 5.11 Å². The number of amides is 1. The molecule has 138 valence electrons. The first-order valence-corrected chi connectivity index (χ1v) is 8.80. The van der Waals surface area contributed by atoms with E-state index in [1.165, 1.54) is 0 Å². The number of ether oxygens (including phenoxy) is 1. The van der Waals surface area contributed by atoms with Gasteiger partial charge in [0, 0.05) is 5.56 Å². The Bertz CT molecular complexity index is 813. The molecule has 0 aliphatic rings. The molecular formula is C20H24N2O3S. The number of rotatable bonds is 4. The van der Waals surface area contributed by atoms with Crippen molar-refractivity contribution in [1.29, 1.82) is 0 Å². The summed E-state index contributed by atoms with van der Waals surface area (Å²) in [6.07, 6.45) is 0. The minimum Gasteiger partial charge on any atom is -0.506 e. The largest absolute Gasteiger partial charge is 0.506 e. The zero-order valence-electron chi connectivity index (χ0n) is 15.4. The average Bonchev–Trinajstić information content (AvgIpc) is 2.56. The maximum Gasteiger partial charge on any atom is 0.257 e. The molecule has 0 fully saturated rings. The Balaban J connectivity index is 2.09. The van der Waals surface area contributed by atoms with Crippen LogP contribution in [0.1, 0.15) is 43.6 Å². The van der Waals surface area contributed by atoms with Gasteiger partial charge in [-0.15, -0.1) is 0 Å². The molecule has 0 saturated carbocycles. The summed E-state index contributed by atoms with van der Waals surface area (Å²) in [5.41, 5.74) is 1.85. The number of phenolic OH excluding ortho intramolecular Hbond substituents is 1. The number of aromatic hydroxyl groups is 1. The monoisotopic (exact) mass is 372 g/mol. The quantitative estimate of drug-likeness (QED) is 0.554. The fourth-order valence-corrected chi connectivity index (χ4v) is 2.53. The minimum absolute atomic E-state index is 0.0629. The normalized spacial score (nSPS) is 10.9. The van der Waals surface area contributed by atoms with Crippen LogP contribution in [0.5, 0.6) is 11.5 Å². The van der Waals surface area contributed by atoms with Crippen LogP contribution in [0.3, 0.4) is 0 Å². The molecule has 0 unspecified atom stereocenters. The smallest absolute Gasteiger partial charge is 0.257 e. The van der Waals surface area contributed by atoms with Crippen molar-refractivity contribution in [1.82, 2.24) is 5.32 Å². The molecule has 1 amide bonds. The second kappa shape index (κ2) is 8.19. The third kappa shape index (κ3) is 5.20. The molecule has 0 atom stereocenters. The number of phenols is 1. The number of nitrogens with one attached hydrogen (secondary N) is 2. The molecule has 0 aliphatic carbocycles. The molecule has 0 saturated heterocycles. The second-order valence-corrected chi connectivity index (χ2v) is 7.26. The zero-order chi connectivity index (χ0) is 19.3. The minimum atomic E-state index is -0.351. The Labute approximate surface area is 159 Å². The lowest BCUT2D eigenvalue weighted by Crippen LogP contribution is -2.34. The van der Waals surface area contributed by atoms with E-state index in [1.54, 1.807) is 30.3 Å². The van der Waals surface area contributed by atoms with Crippen LogP contribution in [0.25, 0.3) is 0 Å². The van der Waals surface area contributed by atoms with E-state index in [9.17, 15) is 9.90 Å². The fraction of sp³-hybridized carbons (Fsp3) is 0.300. The van der Waals surface area contributed by atoms with Gasteiger partial charge in [-0.05, 0) is 60.5 Å². The van der Waals surface area contributed by atoms with Gasteiger partial charge in [-0.1, -0.05) is 32.9 Å². The highest BCUT2D eigenvalue weighted by Crippen LogP contribution is 2.30. The molecule has 2 aromatic rings. The van der Waals surface area contributed by atoms with Gasteiger partial charge in [0.1, 0.15) is 11.5 Å². The summed E-state index contributed by atoms with van der Waals surface area (Å²) < 4.78 is 5.40. The number of carbonyl (C=O) groups excluding carboxylic acids is 1. The van der Waals surface area contributed by atoms with E-state index in [0.717, 1.165) is 5.56 Å². The topological polar surface area (TPSA) is 70.6 Å². The number of benzene rings is 2. The number of anilines is 1. The highest BCUT2D eigenvalue weighted by atomic mass is 32.1. The fourth-order valence-electron chi connectivity index (χ4n) is 2.33. The molecule has 6 heteroatoms. The van der Waals surface area contributed by atoms with Crippen LogP contribution in [0.15, 0.2) is 42.5 Å². The Morgan fingerprint density at radius 1 is 1.19 bits per heavy atom. The van der Waals surface area contributed by atoms with Gasteiger partial charge in [-0.3, -0.25) is 10.1 Å². The van der Waals surface area contributed by atoms with Gasteiger partial charge in [0.2, 0.25) is 0 Å². The maximum atomic E-state index is 12.4. The van der Waals surface area contributed by atoms with Gasteiger partial charge in [0.25, 0.3) is 5.91 Å². The van der Waals surface area contributed by atoms with Crippen molar-refractivity contribution in [2.75, 3.05) is 11.9 Å². The molecule has 0 aromatic heterocycles. The van der Waals surface area contributed by atoms with E-state index >= 15 is 0 Å². The standard InChI is InChI=1S/C20H24N2O3S/c1-5-25-15-8-6-7-13(11-15)18(24)22-19(26)21-16-12-14(20(2,3)4)9-10-17(16)23/h6-12,23H,5H2,1-4H3,(H2,21,22,24,26). The van der Waals surface area contributed by atoms with Crippen LogP contribution in [0.4, 0.5) is 5.69 Å². The van der Waals surface area contributed by atoms with Gasteiger partial charge in [-0.25, -0.2) is 0 Å². The van der Waals surface area contributed by atoms with Crippen LogP contribution in [0, 0.1) is 0 Å². The van der Waals surface area contributed by atoms with Crippen molar-refractivity contribution in [2.24, 2.45) is 0 Å². The van der Waals surface area contributed by atoms with Crippen molar-refractivity contribution in [3.05, 3.63) is 53.6 Å². The van der Waals surface area contributed by atoms with Crippen LogP contribution >= 0.6 is 12.2 Å². The van der Waals surface area contributed by atoms with Crippen molar-refractivity contribution in [2.45, 2.75) is 33.1 Å². The van der Waals surface area contributed by atoms with Crippen molar-refractivity contribution < 1.29 is 14.6 Å². The first kappa shape index (κ1) is 19.7. The summed E-state index contributed by atoms with van der Waals surface area (Å²) in [6, 6.07) is 12.2. The van der Waals surface area contributed by atoms with Crippen molar-refractivity contribution in [3.63, 3.8) is 0 Å². The number of thiocarbonyl (C=S) groups is 1. The summed E-state index contributed by atoms with van der Waals surface area (Å²) in [5, 5.41) is 15.6. The number of hydrogen-bond donors (Lipinski definition) is 3.